The van der Waals surface area contributed by atoms with E-state index in [1.54, 1.807) is 17.0 Å². The number of ether oxygens (including phenoxy) is 1. The van der Waals surface area contributed by atoms with Crippen LogP contribution in [0, 0.1) is 5.82 Å². The zero-order valence-electron chi connectivity index (χ0n) is 17.6. The number of nitrogens with one attached hydrogen (secondary N) is 1. The summed E-state index contributed by atoms with van der Waals surface area (Å²) < 4.78 is 31.5. The predicted octanol–water partition coefficient (Wildman–Crippen LogP) is 1.51. The number of benzene rings is 1. The minimum atomic E-state index is -1.18. The van der Waals surface area contributed by atoms with Crippen LogP contribution in [0.1, 0.15) is 13.3 Å². The fraction of sp³-hybridized carbons (Fsp3) is 0.550. The maximum Gasteiger partial charge on any atom is 0.414 e. The molecule has 1 aromatic rings. The highest BCUT2D eigenvalue weighted by molar-refractivity contribution is 7.85. The summed E-state index contributed by atoms with van der Waals surface area (Å²) in [6.07, 6.45) is 1.34. The van der Waals surface area contributed by atoms with Gasteiger partial charge in [-0.1, -0.05) is 19.1 Å². The molecule has 3 rings (SSSR count). The molecule has 2 fully saturated rings. The molecule has 0 radical (unpaired) electrons. The number of carbonyl (C=O) groups is 2. The quantitative estimate of drug-likeness (QED) is 0.605. The average Bonchev–Trinajstić information content (AvgIpc) is 3.12. The number of hydrogen-bond donors (Lipinski definition) is 1. The van der Waals surface area contributed by atoms with Gasteiger partial charge in [0.25, 0.3) is 0 Å². The number of hydrogen-bond acceptors (Lipinski definition) is 6. The van der Waals surface area contributed by atoms with Gasteiger partial charge in [0.2, 0.25) is 5.91 Å². The lowest BCUT2D eigenvalue weighted by Gasteiger charge is -2.36. The van der Waals surface area contributed by atoms with Gasteiger partial charge in [-0.05, 0) is 24.6 Å². The molecule has 8 nitrogen and oxygen atoms in total. The SMILES string of the molecule is CCC(=S)NC[C@H]1CN(c2ccc(N3CCN(C(=O)CS(C)=O)CC3)c(F)c2)C(=O)O1. The van der Waals surface area contributed by atoms with Crippen molar-refractivity contribution >= 4 is 51.4 Å². The van der Waals surface area contributed by atoms with Crippen molar-refractivity contribution in [3.05, 3.63) is 24.0 Å². The molecule has 2 aliphatic heterocycles. The van der Waals surface area contributed by atoms with Gasteiger partial charge >= 0.3 is 6.09 Å². The molecule has 2 saturated heterocycles. The third-order valence-corrected chi connectivity index (χ3v) is 6.35. The van der Waals surface area contributed by atoms with Crippen LogP contribution in [-0.4, -0.2) is 83.5 Å². The number of carbonyl (C=O) groups excluding carboxylic acids is 2. The Morgan fingerprint density at radius 1 is 1.32 bits per heavy atom. The van der Waals surface area contributed by atoms with Crippen LogP contribution in [0.25, 0.3) is 0 Å². The number of cyclic esters (lactones) is 1. The van der Waals surface area contributed by atoms with Gasteiger partial charge < -0.3 is 19.9 Å². The van der Waals surface area contributed by atoms with Crippen LogP contribution >= 0.6 is 12.2 Å². The molecule has 31 heavy (non-hydrogen) atoms. The van der Waals surface area contributed by atoms with Gasteiger partial charge in [-0.25, -0.2) is 9.18 Å². The van der Waals surface area contributed by atoms with Gasteiger partial charge in [-0.15, -0.1) is 0 Å². The summed E-state index contributed by atoms with van der Waals surface area (Å²) in [6, 6.07) is 4.68. The highest BCUT2D eigenvalue weighted by Gasteiger charge is 2.33. The average molecular weight is 471 g/mol. The van der Waals surface area contributed by atoms with Crippen LogP contribution in [0.3, 0.4) is 0 Å². The van der Waals surface area contributed by atoms with E-state index in [0.29, 0.717) is 62.1 Å². The molecule has 0 aliphatic carbocycles. The van der Waals surface area contributed by atoms with Crippen LogP contribution in [0.2, 0.25) is 0 Å². The lowest BCUT2D eigenvalue weighted by Crippen LogP contribution is -2.50. The van der Waals surface area contributed by atoms with Crippen molar-refractivity contribution in [3.63, 3.8) is 0 Å². The number of halogens is 1. The summed E-state index contributed by atoms with van der Waals surface area (Å²) >= 11 is 5.12. The van der Waals surface area contributed by atoms with E-state index in [1.165, 1.54) is 17.2 Å². The van der Waals surface area contributed by atoms with Gasteiger partial charge in [-0.2, -0.15) is 0 Å². The van der Waals surface area contributed by atoms with Crippen molar-refractivity contribution in [2.45, 2.75) is 19.4 Å². The van der Waals surface area contributed by atoms with E-state index in [9.17, 15) is 18.2 Å². The van der Waals surface area contributed by atoms with Crippen LogP contribution < -0.4 is 15.1 Å². The number of piperazine rings is 1. The smallest absolute Gasteiger partial charge is 0.414 e. The van der Waals surface area contributed by atoms with Crippen LogP contribution in [0.5, 0.6) is 0 Å². The lowest BCUT2D eigenvalue weighted by molar-refractivity contribution is -0.128. The van der Waals surface area contributed by atoms with Crippen LogP contribution in [0.4, 0.5) is 20.6 Å². The first kappa shape index (κ1) is 23.4. The van der Waals surface area contributed by atoms with Gasteiger partial charge in [0.05, 0.1) is 29.5 Å². The Kier molecular flexibility index (Phi) is 7.82. The van der Waals surface area contributed by atoms with E-state index in [-0.39, 0.29) is 17.8 Å². The first-order chi connectivity index (χ1) is 14.8. The monoisotopic (exact) mass is 470 g/mol. The van der Waals surface area contributed by atoms with Crippen molar-refractivity contribution in [3.8, 4) is 0 Å². The van der Waals surface area contributed by atoms with Crippen molar-refractivity contribution < 1.29 is 22.9 Å². The Bertz CT molecular complexity index is 877. The van der Waals surface area contributed by atoms with Gasteiger partial charge in [-0.3, -0.25) is 13.9 Å². The largest absolute Gasteiger partial charge is 0.442 e. The Morgan fingerprint density at radius 3 is 2.65 bits per heavy atom. The van der Waals surface area contributed by atoms with Crippen molar-refractivity contribution in [1.82, 2.24) is 10.2 Å². The number of thiocarbonyl (C=S) groups is 1. The standard InChI is InChI=1S/C20H27FN4O4S2/c1-3-18(30)22-11-15-12-25(20(27)29-15)14-4-5-17(16(21)10-14)23-6-8-24(9-7-23)19(26)13-31(2)28/h4-5,10,15H,3,6-9,11-13H2,1-2H3,(H,22,30)/t15-,31?/m0/s1. The molecule has 0 spiro atoms. The van der Waals surface area contributed by atoms with Crippen LogP contribution in [-0.2, 0) is 20.3 Å². The summed E-state index contributed by atoms with van der Waals surface area (Å²) in [5.41, 5.74) is 0.861. The number of nitrogens with zero attached hydrogens (tertiary/aromatic N) is 3. The Labute approximate surface area is 189 Å². The van der Waals surface area contributed by atoms with E-state index in [2.05, 4.69) is 5.32 Å². The number of anilines is 2. The first-order valence-corrected chi connectivity index (χ1v) is 12.3. The van der Waals surface area contributed by atoms with Crippen LogP contribution in [0.15, 0.2) is 18.2 Å². The molecule has 1 N–H and O–H groups in total. The topological polar surface area (TPSA) is 82.2 Å². The number of rotatable bonds is 7. The molecule has 2 amide bonds. The van der Waals surface area contributed by atoms with E-state index in [4.69, 9.17) is 17.0 Å². The molecule has 170 valence electrons. The molecule has 0 bridgehead atoms. The normalized spacial score (nSPS) is 19.9. The summed E-state index contributed by atoms with van der Waals surface area (Å²) in [7, 11) is -1.18. The zero-order chi connectivity index (χ0) is 22.5. The van der Waals surface area contributed by atoms with E-state index < -0.39 is 22.7 Å². The van der Waals surface area contributed by atoms with E-state index in [1.807, 2.05) is 11.8 Å². The fourth-order valence-corrected chi connectivity index (χ4v) is 4.19. The van der Waals surface area contributed by atoms with Crippen molar-refractivity contribution in [2.75, 3.05) is 61.1 Å². The summed E-state index contributed by atoms with van der Waals surface area (Å²) in [5, 5.41) is 3.05. The molecule has 11 heteroatoms. The summed E-state index contributed by atoms with van der Waals surface area (Å²) in [5.74, 6) is -0.573. The maximum absolute atomic E-state index is 14.9. The molecular weight excluding hydrogens is 443 g/mol. The minimum absolute atomic E-state index is 0.00966. The number of amides is 2. The van der Waals surface area contributed by atoms with Gasteiger partial charge in [0, 0.05) is 43.2 Å². The maximum atomic E-state index is 14.9. The predicted molar refractivity (Wildman–Crippen MR) is 123 cm³/mol. The Morgan fingerprint density at radius 2 is 2.03 bits per heavy atom. The summed E-state index contributed by atoms with van der Waals surface area (Å²) in [4.78, 5) is 29.9. The Balaban J connectivity index is 1.59. The van der Waals surface area contributed by atoms with Crippen molar-refractivity contribution in [1.29, 1.82) is 0 Å². The van der Waals surface area contributed by atoms with Gasteiger partial charge in [0.1, 0.15) is 17.7 Å². The Hall–Kier alpha value is -2.27. The summed E-state index contributed by atoms with van der Waals surface area (Å²) in [6.45, 7) is 4.54. The highest BCUT2D eigenvalue weighted by atomic mass is 32.2. The molecule has 0 aromatic heterocycles. The minimum Gasteiger partial charge on any atom is -0.442 e. The highest BCUT2D eigenvalue weighted by Crippen LogP contribution is 2.28. The van der Waals surface area contributed by atoms with Crippen molar-refractivity contribution in [2.24, 2.45) is 0 Å². The molecule has 1 unspecified atom stereocenters. The second-order valence-electron chi connectivity index (χ2n) is 7.50. The second kappa shape index (κ2) is 10.4. The molecular formula is C20H27FN4O4S2. The lowest BCUT2D eigenvalue weighted by atomic mass is 10.2. The van der Waals surface area contributed by atoms with E-state index >= 15 is 0 Å². The molecule has 0 saturated carbocycles. The molecule has 1 aromatic carbocycles. The first-order valence-electron chi connectivity index (χ1n) is 10.2. The third-order valence-electron chi connectivity index (χ3n) is 5.26. The molecule has 2 atom stereocenters. The molecule has 2 heterocycles. The zero-order valence-corrected chi connectivity index (χ0v) is 19.3. The third kappa shape index (κ3) is 5.91. The second-order valence-corrected chi connectivity index (χ2v) is 9.42. The van der Waals surface area contributed by atoms with Gasteiger partial charge in [0.15, 0.2) is 0 Å². The fourth-order valence-electron chi connectivity index (χ4n) is 3.57. The molecule has 2 aliphatic rings. The van der Waals surface area contributed by atoms with E-state index in [0.717, 1.165) is 0 Å².